The van der Waals surface area contributed by atoms with Crippen molar-refractivity contribution in [2.45, 2.75) is 26.4 Å². The van der Waals surface area contributed by atoms with Crippen molar-refractivity contribution >= 4 is 17.4 Å². The molecule has 1 unspecified atom stereocenters. The van der Waals surface area contributed by atoms with Crippen molar-refractivity contribution in [3.8, 4) is 5.75 Å². The summed E-state index contributed by atoms with van der Waals surface area (Å²) < 4.78 is 5.37. The summed E-state index contributed by atoms with van der Waals surface area (Å²) in [7, 11) is 1.57. The molecule has 3 aromatic carbocycles. The quantitative estimate of drug-likeness (QED) is 0.356. The van der Waals surface area contributed by atoms with Crippen LogP contribution in [-0.2, 0) is 16.1 Å². The molecular formula is C27H25NO4. The molecule has 162 valence electrons. The topological polar surface area (TPSA) is 66.8 Å². The smallest absolute Gasteiger partial charge is 0.295 e. The molecule has 1 aliphatic rings. The Bertz CT molecular complexity index is 1210. The summed E-state index contributed by atoms with van der Waals surface area (Å²) in [5.74, 6) is -0.867. The van der Waals surface area contributed by atoms with E-state index in [9.17, 15) is 14.7 Å². The first kappa shape index (κ1) is 21.4. The number of aliphatic hydroxyl groups is 1. The highest BCUT2D eigenvalue weighted by molar-refractivity contribution is 6.46. The van der Waals surface area contributed by atoms with Gasteiger partial charge in [0, 0.05) is 12.1 Å². The number of ether oxygens (including phenoxy) is 1. The van der Waals surface area contributed by atoms with Gasteiger partial charge in [0.15, 0.2) is 0 Å². The molecule has 1 aliphatic heterocycles. The van der Waals surface area contributed by atoms with Gasteiger partial charge in [-0.3, -0.25) is 9.59 Å². The van der Waals surface area contributed by atoms with Crippen LogP contribution < -0.4 is 4.74 Å². The second kappa shape index (κ2) is 8.71. The third kappa shape index (κ3) is 3.89. The van der Waals surface area contributed by atoms with Crippen LogP contribution in [0.2, 0.25) is 0 Å². The first-order chi connectivity index (χ1) is 15.4. The minimum atomic E-state index is -0.731. The summed E-state index contributed by atoms with van der Waals surface area (Å²) >= 11 is 0. The molecule has 0 aromatic heterocycles. The van der Waals surface area contributed by atoms with E-state index in [0.29, 0.717) is 16.9 Å². The number of nitrogens with zero attached hydrogens (tertiary/aromatic N) is 1. The number of Topliss-reactive ketones (excluding diaryl/α,β-unsaturated/α-hetero) is 1. The number of aliphatic hydroxyl groups excluding tert-OH is 1. The molecule has 1 amide bonds. The largest absolute Gasteiger partial charge is 0.507 e. The van der Waals surface area contributed by atoms with Gasteiger partial charge in [0.25, 0.3) is 11.7 Å². The lowest BCUT2D eigenvalue weighted by molar-refractivity contribution is -0.140. The molecule has 5 heteroatoms. The Balaban J connectivity index is 1.91. The van der Waals surface area contributed by atoms with Crippen molar-refractivity contribution in [1.82, 2.24) is 4.90 Å². The van der Waals surface area contributed by atoms with E-state index in [0.717, 1.165) is 16.7 Å². The molecule has 32 heavy (non-hydrogen) atoms. The third-order valence-electron chi connectivity index (χ3n) is 5.79. The summed E-state index contributed by atoms with van der Waals surface area (Å²) in [5, 5.41) is 11.3. The molecule has 1 atom stereocenters. The molecule has 4 rings (SSSR count). The van der Waals surface area contributed by atoms with E-state index in [1.165, 1.54) is 4.90 Å². The average Bonchev–Trinajstić information content (AvgIpc) is 3.06. The van der Waals surface area contributed by atoms with Gasteiger partial charge in [0.2, 0.25) is 0 Å². The molecule has 1 heterocycles. The maximum Gasteiger partial charge on any atom is 0.295 e. The Morgan fingerprint density at radius 3 is 2.44 bits per heavy atom. The number of benzene rings is 3. The second-order valence-corrected chi connectivity index (χ2v) is 8.01. The van der Waals surface area contributed by atoms with Crippen LogP contribution in [0.15, 0.2) is 78.4 Å². The maximum absolute atomic E-state index is 13.2. The van der Waals surface area contributed by atoms with Gasteiger partial charge in [-0.25, -0.2) is 0 Å². The van der Waals surface area contributed by atoms with Crippen LogP contribution in [0.25, 0.3) is 5.76 Å². The fourth-order valence-electron chi connectivity index (χ4n) is 4.12. The molecule has 1 fully saturated rings. The maximum atomic E-state index is 13.2. The van der Waals surface area contributed by atoms with Crippen LogP contribution in [-0.4, -0.2) is 28.8 Å². The molecule has 0 saturated carbocycles. The summed E-state index contributed by atoms with van der Waals surface area (Å²) in [6.45, 7) is 4.04. The van der Waals surface area contributed by atoms with E-state index in [-0.39, 0.29) is 17.9 Å². The van der Waals surface area contributed by atoms with E-state index in [1.54, 1.807) is 19.2 Å². The van der Waals surface area contributed by atoms with E-state index in [1.807, 2.05) is 74.5 Å². The number of hydrogen-bond acceptors (Lipinski definition) is 4. The van der Waals surface area contributed by atoms with Gasteiger partial charge in [0.1, 0.15) is 11.5 Å². The highest BCUT2D eigenvalue weighted by Gasteiger charge is 2.46. The third-order valence-corrected chi connectivity index (χ3v) is 5.79. The number of carbonyl (C=O) groups is 2. The van der Waals surface area contributed by atoms with Crippen molar-refractivity contribution in [1.29, 1.82) is 0 Å². The zero-order chi connectivity index (χ0) is 22.8. The van der Waals surface area contributed by atoms with Crippen LogP contribution in [0.3, 0.4) is 0 Å². The standard InChI is InChI=1S/C27H25NO4/c1-17-12-13-18(2)22(14-17)25(29)23-24(20-10-7-11-21(15-20)32-3)28(27(31)26(23)30)16-19-8-5-4-6-9-19/h4-15,24,29H,16H2,1-3H3/b25-23+. The van der Waals surface area contributed by atoms with Gasteiger partial charge >= 0.3 is 0 Å². The SMILES string of the molecule is COc1cccc(C2/C(=C(\O)c3cc(C)ccc3C)C(=O)C(=O)N2Cc2ccccc2)c1. The van der Waals surface area contributed by atoms with Crippen molar-refractivity contribution in [3.05, 3.63) is 106 Å². The monoisotopic (exact) mass is 427 g/mol. The van der Waals surface area contributed by atoms with Gasteiger partial charge in [-0.15, -0.1) is 0 Å². The number of hydrogen-bond donors (Lipinski definition) is 1. The Labute approximate surface area is 187 Å². The number of ketones is 1. The minimum Gasteiger partial charge on any atom is -0.507 e. The zero-order valence-corrected chi connectivity index (χ0v) is 18.3. The lowest BCUT2D eigenvalue weighted by Gasteiger charge is -2.26. The van der Waals surface area contributed by atoms with Crippen LogP contribution in [0.4, 0.5) is 0 Å². The second-order valence-electron chi connectivity index (χ2n) is 8.01. The molecule has 0 spiro atoms. The predicted molar refractivity (Wildman–Crippen MR) is 123 cm³/mol. The van der Waals surface area contributed by atoms with Crippen molar-refractivity contribution in [2.75, 3.05) is 7.11 Å². The Kier molecular flexibility index (Phi) is 5.82. The first-order valence-electron chi connectivity index (χ1n) is 10.4. The van der Waals surface area contributed by atoms with E-state index >= 15 is 0 Å². The summed E-state index contributed by atoms with van der Waals surface area (Å²) in [4.78, 5) is 27.9. The van der Waals surface area contributed by atoms with Crippen molar-refractivity contribution in [2.24, 2.45) is 0 Å². The van der Waals surface area contributed by atoms with Gasteiger partial charge in [-0.2, -0.15) is 0 Å². The minimum absolute atomic E-state index is 0.0906. The number of carbonyl (C=O) groups excluding carboxylic acids is 2. The molecular weight excluding hydrogens is 402 g/mol. The van der Waals surface area contributed by atoms with Crippen molar-refractivity contribution < 1.29 is 19.4 Å². The van der Waals surface area contributed by atoms with Crippen LogP contribution in [0.1, 0.15) is 33.9 Å². The van der Waals surface area contributed by atoms with Gasteiger partial charge in [-0.1, -0.05) is 60.2 Å². The number of amides is 1. The predicted octanol–water partition coefficient (Wildman–Crippen LogP) is 4.93. The molecule has 1 saturated heterocycles. The van der Waals surface area contributed by atoms with Gasteiger partial charge in [-0.05, 0) is 48.7 Å². The fraction of sp³-hybridized carbons (Fsp3) is 0.185. The van der Waals surface area contributed by atoms with Crippen LogP contribution >= 0.6 is 0 Å². The summed E-state index contributed by atoms with van der Waals surface area (Å²) in [5.41, 5.74) is 4.02. The molecule has 0 aliphatic carbocycles. The van der Waals surface area contributed by atoms with E-state index < -0.39 is 17.7 Å². The highest BCUT2D eigenvalue weighted by atomic mass is 16.5. The number of likely N-dealkylation sites (tertiary alicyclic amines) is 1. The van der Waals surface area contributed by atoms with E-state index in [4.69, 9.17) is 4.74 Å². The van der Waals surface area contributed by atoms with Crippen molar-refractivity contribution in [3.63, 3.8) is 0 Å². The lowest BCUT2D eigenvalue weighted by Crippen LogP contribution is -2.29. The normalized spacial score (nSPS) is 17.6. The molecule has 1 N–H and O–H groups in total. The number of methoxy groups -OCH3 is 1. The number of rotatable bonds is 5. The fourth-order valence-corrected chi connectivity index (χ4v) is 4.12. The van der Waals surface area contributed by atoms with Crippen LogP contribution in [0, 0.1) is 13.8 Å². The molecule has 0 radical (unpaired) electrons. The number of aryl methyl sites for hydroxylation is 2. The molecule has 0 bridgehead atoms. The zero-order valence-electron chi connectivity index (χ0n) is 18.3. The lowest BCUT2D eigenvalue weighted by atomic mass is 9.93. The Morgan fingerprint density at radius 2 is 1.72 bits per heavy atom. The van der Waals surface area contributed by atoms with E-state index in [2.05, 4.69) is 0 Å². The molecule has 5 nitrogen and oxygen atoms in total. The van der Waals surface area contributed by atoms with Crippen LogP contribution in [0.5, 0.6) is 5.75 Å². The Hall–Kier alpha value is -3.86. The molecule has 3 aromatic rings. The van der Waals surface area contributed by atoms with Gasteiger partial charge < -0.3 is 14.7 Å². The first-order valence-corrected chi connectivity index (χ1v) is 10.4. The average molecular weight is 428 g/mol. The van der Waals surface area contributed by atoms with Gasteiger partial charge in [0.05, 0.1) is 18.7 Å². The Morgan fingerprint density at radius 1 is 0.969 bits per heavy atom. The highest BCUT2D eigenvalue weighted by Crippen LogP contribution is 2.41. The summed E-state index contributed by atoms with van der Waals surface area (Å²) in [6.07, 6.45) is 0. The summed E-state index contributed by atoms with van der Waals surface area (Å²) in [6, 6.07) is 21.7.